The van der Waals surface area contributed by atoms with Crippen LogP contribution in [0.2, 0.25) is 0 Å². The summed E-state index contributed by atoms with van der Waals surface area (Å²) >= 11 is 0. The van der Waals surface area contributed by atoms with E-state index < -0.39 is 0 Å². The predicted molar refractivity (Wildman–Crippen MR) is 39.3 cm³/mol. The number of carbonyl (C=O) groups excluding carboxylic acids is 2. The molecule has 0 aromatic carbocycles. The van der Waals surface area contributed by atoms with Crippen molar-refractivity contribution in [3.8, 4) is 0 Å². The maximum atomic E-state index is 10.5. The Bertz CT molecular complexity index is 179. The first-order valence-corrected chi connectivity index (χ1v) is 3.61. The van der Waals surface area contributed by atoms with Gasteiger partial charge in [0.15, 0.2) is 0 Å². The molecule has 11 heavy (non-hydrogen) atoms. The van der Waals surface area contributed by atoms with Gasteiger partial charge in [0.25, 0.3) is 0 Å². The molecule has 2 amide bonds. The Kier molecular flexibility index (Phi) is 1.85. The smallest absolute Gasteiger partial charge is 0.217 e. The topological polar surface area (TPSA) is 86.2 Å². The third kappa shape index (κ3) is 2.22. The zero-order chi connectivity index (χ0) is 8.48. The molecule has 4 heteroatoms. The molecule has 0 radical (unpaired) electrons. The molecule has 0 aromatic heterocycles. The largest absolute Gasteiger partial charge is 0.370 e. The first-order valence-electron chi connectivity index (χ1n) is 3.61. The molecule has 62 valence electrons. The average molecular weight is 156 g/mol. The highest BCUT2D eigenvalue weighted by atomic mass is 16.1. The van der Waals surface area contributed by atoms with Gasteiger partial charge >= 0.3 is 0 Å². The van der Waals surface area contributed by atoms with Crippen molar-refractivity contribution < 1.29 is 9.59 Å². The van der Waals surface area contributed by atoms with Crippen molar-refractivity contribution in [1.29, 1.82) is 0 Å². The summed E-state index contributed by atoms with van der Waals surface area (Å²) in [7, 11) is 0. The number of amides is 2. The minimum Gasteiger partial charge on any atom is -0.370 e. The van der Waals surface area contributed by atoms with Gasteiger partial charge in [0, 0.05) is 12.8 Å². The molecule has 0 atom stereocenters. The molecule has 0 unspecified atom stereocenters. The number of primary amides is 2. The van der Waals surface area contributed by atoms with Crippen LogP contribution in [0.4, 0.5) is 0 Å². The normalized spacial score (nSPS) is 19.3. The monoisotopic (exact) mass is 156 g/mol. The predicted octanol–water partition coefficient (Wildman–Crippen LogP) is -0.483. The van der Waals surface area contributed by atoms with Crippen molar-refractivity contribution >= 4 is 11.8 Å². The number of carbonyl (C=O) groups is 2. The zero-order valence-corrected chi connectivity index (χ0v) is 6.30. The summed E-state index contributed by atoms with van der Waals surface area (Å²) in [6.45, 7) is 0. The Hall–Kier alpha value is -1.06. The lowest BCUT2D eigenvalue weighted by Gasteiger charge is -2.08. The molecule has 1 aliphatic carbocycles. The quantitative estimate of drug-likeness (QED) is 0.575. The van der Waals surface area contributed by atoms with Gasteiger partial charge < -0.3 is 11.5 Å². The number of hydrogen-bond acceptors (Lipinski definition) is 2. The van der Waals surface area contributed by atoms with Crippen LogP contribution in [0.5, 0.6) is 0 Å². The van der Waals surface area contributed by atoms with Crippen molar-refractivity contribution in [2.75, 3.05) is 0 Å². The lowest BCUT2D eigenvalue weighted by atomic mass is 9.98. The van der Waals surface area contributed by atoms with E-state index in [1.54, 1.807) is 0 Å². The Balaban J connectivity index is 2.41. The van der Waals surface area contributed by atoms with Crippen LogP contribution in [-0.4, -0.2) is 11.8 Å². The minimum absolute atomic E-state index is 0.155. The lowest BCUT2D eigenvalue weighted by molar-refractivity contribution is -0.121. The van der Waals surface area contributed by atoms with Gasteiger partial charge in [-0.05, 0) is 18.3 Å². The molecule has 0 bridgehead atoms. The van der Waals surface area contributed by atoms with E-state index in [1.807, 2.05) is 0 Å². The highest BCUT2D eigenvalue weighted by molar-refractivity contribution is 5.79. The van der Waals surface area contributed by atoms with Crippen molar-refractivity contribution in [2.24, 2.45) is 16.9 Å². The molecule has 1 rings (SSSR count). The van der Waals surface area contributed by atoms with Gasteiger partial charge in [-0.25, -0.2) is 0 Å². The lowest BCUT2D eigenvalue weighted by Crippen LogP contribution is -2.22. The summed E-state index contributed by atoms with van der Waals surface area (Å²) in [6, 6.07) is 0. The SMILES string of the molecule is NC(=O)CC1(CC(N)=O)CC1. The van der Waals surface area contributed by atoms with Crippen LogP contribution in [0, 0.1) is 5.41 Å². The Morgan fingerprint density at radius 3 is 1.64 bits per heavy atom. The van der Waals surface area contributed by atoms with Gasteiger partial charge in [-0.2, -0.15) is 0 Å². The Morgan fingerprint density at radius 1 is 1.09 bits per heavy atom. The third-order valence-electron chi connectivity index (χ3n) is 2.06. The first-order chi connectivity index (χ1) is 5.04. The molecule has 0 spiro atoms. The minimum atomic E-state index is -0.344. The highest BCUT2D eigenvalue weighted by Crippen LogP contribution is 2.51. The van der Waals surface area contributed by atoms with E-state index >= 15 is 0 Å². The molecule has 1 aliphatic rings. The zero-order valence-electron chi connectivity index (χ0n) is 6.30. The molecule has 1 fully saturated rings. The third-order valence-corrected chi connectivity index (χ3v) is 2.06. The van der Waals surface area contributed by atoms with E-state index in [0.29, 0.717) is 12.8 Å². The van der Waals surface area contributed by atoms with E-state index in [1.165, 1.54) is 0 Å². The van der Waals surface area contributed by atoms with Gasteiger partial charge in [0.1, 0.15) is 0 Å². The van der Waals surface area contributed by atoms with E-state index in [2.05, 4.69) is 0 Å². The molecule has 1 saturated carbocycles. The van der Waals surface area contributed by atoms with Crippen molar-refractivity contribution in [3.05, 3.63) is 0 Å². The maximum absolute atomic E-state index is 10.5. The van der Waals surface area contributed by atoms with Crippen LogP contribution in [0.1, 0.15) is 25.7 Å². The molecule has 0 saturated heterocycles. The van der Waals surface area contributed by atoms with Crippen LogP contribution in [-0.2, 0) is 9.59 Å². The van der Waals surface area contributed by atoms with Crippen LogP contribution >= 0.6 is 0 Å². The Labute approximate surface area is 64.9 Å². The van der Waals surface area contributed by atoms with E-state index in [-0.39, 0.29) is 17.2 Å². The molecule has 0 aliphatic heterocycles. The summed E-state index contributed by atoms with van der Waals surface area (Å²) in [5.41, 5.74) is 9.85. The summed E-state index contributed by atoms with van der Waals surface area (Å²) in [6.07, 6.45) is 2.41. The molecule has 4 nitrogen and oxygen atoms in total. The van der Waals surface area contributed by atoms with Crippen LogP contribution in [0.3, 0.4) is 0 Å². The van der Waals surface area contributed by atoms with Gasteiger partial charge in [0.05, 0.1) is 0 Å². The van der Waals surface area contributed by atoms with Gasteiger partial charge in [0.2, 0.25) is 11.8 Å². The van der Waals surface area contributed by atoms with Crippen LogP contribution in [0.15, 0.2) is 0 Å². The van der Waals surface area contributed by atoms with E-state index in [4.69, 9.17) is 11.5 Å². The van der Waals surface area contributed by atoms with Crippen molar-refractivity contribution in [1.82, 2.24) is 0 Å². The number of hydrogen-bond donors (Lipinski definition) is 2. The molecule has 0 aromatic rings. The van der Waals surface area contributed by atoms with Gasteiger partial charge in [-0.3, -0.25) is 9.59 Å². The summed E-state index contributed by atoms with van der Waals surface area (Å²) in [5.74, 6) is -0.688. The van der Waals surface area contributed by atoms with Crippen LogP contribution < -0.4 is 11.5 Å². The molecular formula is C7H12N2O2. The second-order valence-electron chi connectivity index (χ2n) is 3.29. The number of rotatable bonds is 4. The van der Waals surface area contributed by atoms with E-state index in [9.17, 15) is 9.59 Å². The Morgan fingerprint density at radius 2 is 1.45 bits per heavy atom. The molecular weight excluding hydrogens is 144 g/mol. The fourth-order valence-corrected chi connectivity index (χ4v) is 1.33. The van der Waals surface area contributed by atoms with Gasteiger partial charge in [-0.1, -0.05) is 0 Å². The van der Waals surface area contributed by atoms with Crippen molar-refractivity contribution in [2.45, 2.75) is 25.7 Å². The number of nitrogens with two attached hydrogens (primary N) is 2. The van der Waals surface area contributed by atoms with E-state index in [0.717, 1.165) is 12.8 Å². The average Bonchev–Trinajstić information content (AvgIpc) is 2.43. The second-order valence-corrected chi connectivity index (χ2v) is 3.29. The fraction of sp³-hybridized carbons (Fsp3) is 0.714. The summed E-state index contributed by atoms with van der Waals surface area (Å²) < 4.78 is 0. The summed E-state index contributed by atoms with van der Waals surface area (Å²) in [5, 5.41) is 0. The standard InChI is InChI=1S/C7H12N2O2/c8-5(10)3-7(1-2-7)4-6(9)11/h1-4H2,(H2,8,10)(H2,9,11). The van der Waals surface area contributed by atoms with Gasteiger partial charge in [-0.15, -0.1) is 0 Å². The molecule has 0 heterocycles. The first kappa shape index (κ1) is 8.04. The van der Waals surface area contributed by atoms with Crippen molar-refractivity contribution in [3.63, 3.8) is 0 Å². The second kappa shape index (κ2) is 2.53. The highest BCUT2D eigenvalue weighted by Gasteiger charge is 2.44. The summed E-state index contributed by atoms with van der Waals surface area (Å²) in [4.78, 5) is 21.0. The molecule has 4 N–H and O–H groups in total. The maximum Gasteiger partial charge on any atom is 0.217 e. The van der Waals surface area contributed by atoms with Crippen LogP contribution in [0.25, 0.3) is 0 Å². The fourth-order valence-electron chi connectivity index (χ4n) is 1.33.